The lowest BCUT2D eigenvalue weighted by atomic mass is 9.72. The zero-order valence-electron chi connectivity index (χ0n) is 10.5. The van der Waals surface area contributed by atoms with Crippen LogP contribution in [0, 0.1) is 18.8 Å². The van der Waals surface area contributed by atoms with Gasteiger partial charge in [-0.1, -0.05) is 36.8 Å². The monoisotopic (exact) mass is 232 g/mol. The minimum absolute atomic E-state index is 0.143. The van der Waals surface area contributed by atoms with E-state index in [4.69, 9.17) is 5.11 Å². The topological polar surface area (TPSA) is 37.3 Å². The second-order valence-electron chi connectivity index (χ2n) is 5.35. The van der Waals surface area contributed by atoms with E-state index in [1.54, 1.807) is 0 Å². The zero-order chi connectivity index (χ0) is 12.4. The van der Waals surface area contributed by atoms with Crippen molar-refractivity contribution in [2.45, 2.75) is 39.0 Å². The average Bonchev–Trinajstić information content (AvgIpc) is 2.28. The van der Waals surface area contributed by atoms with Gasteiger partial charge in [-0.25, -0.2) is 0 Å². The lowest BCUT2D eigenvalue weighted by Crippen LogP contribution is -2.28. The van der Waals surface area contributed by atoms with Crippen molar-refractivity contribution >= 4 is 5.97 Å². The third-order valence-corrected chi connectivity index (χ3v) is 4.00. The first-order chi connectivity index (χ1) is 8.08. The van der Waals surface area contributed by atoms with Crippen molar-refractivity contribution in [3.05, 3.63) is 35.4 Å². The van der Waals surface area contributed by atoms with E-state index in [1.165, 1.54) is 11.1 Å². The summed E-state index contributed by atoms with van der Waals surface area (Å²) in [5, 5.41) is 9.11. The van der Waals surface area contributed by atoms with Crippen LogP contribution in [-0.2, 0) is 4.79 Å². The van der Waals surface area contributed by atoms with Crippen molar-refractivity contribution in [1.29, 1.82) is 0 Å². The van der Waals surface area contributed by atoms with Crippen LogP contribution in [0.5, 0.6) is 0 Å². The summed E-state index contributed by atoms with van der Waals surface area (Å²) in [6.45, 7) is 4.18. The first kappa shape index (κ1) is 12.2. The Balaban J connectivity index is 2.09. The fourth-order valence-electron chi connectivity index (χ4n) is 2.99. The number of hydrogen-bond acceptors (Lipinski definition) is 1. The quantitative estimate of drug-likeness (QED) is 0.846. The Morgan fingerprint density at radius 3 is 2.71 bits per heavy atom. The van der Waals surface area contributed by atoms with Crippen LogP contribution in [-0.4, -0.2) is 11.1 Å². The van der Waals surface area contributed by atoms with Crippen molar-refractivity contribution in [3.63, 3.8) is 0 Å². The number of carbonyl (C=O) groups is 1. The predicted octanol–water partition coefficient (Wildman–Crippen LogP) is 3.60. The lowest BCUT2D eigenvalue weighted by Gasteiger charge is -2.32. The molecule has 0 spiro atoms. The van der Waals surface area contributed by atoms with Gasteiger partial charge in [-0.05, 0) is 43.6 Å². The molecule has 0 saturated heterocycles. The summed E-state index contributed by atoms with van der Waals surface area (Å²) in [6, 6.07) is 8.61. The molecule has 0 aromatic heterocycles. The molecule has 1 aliphatic rings. The van der Waals surface area contributed by atoms with Gasteiger partial charge in [-0.15, -0.1) is 0 Å². The number of rotatable bonds is 2. The molecule has 17 heavy (non-hydrogen) atoms. The van der Waals surface area contributed by atoms with Gasteiger partial charge in [0.15, 0.2) is 0 Å². The maximum atomic E-state index is 11.1. The Kier molecular flexibility index (Phi) is 3.51. The predicted molar refractivity (Wildman–Crippen MR) is 68.1 cm³/mol. The summed E-state index contributed by atoms with van der Waals surface area (Å²) in [4.78, 5) is 11.1. The van der Waals surface area contributed by atoms with E-state index in [-0.39, 0.29) is 11.8 Å². The molecule has 1 aromatic rings. The molecule has 2 rings (SSSR count). The average molecular weight is 232 g/mol. The summed E-state index contributed by atoms with van der Waals surface area (Å²) in [6.07, 6.45) is 2.82. The van der Waals surface area contributed by atoms with Gasteiger partial charge in [0.25, 0.3) is 0 Å². The van der Waals surface area contributed by atoms with Crippen molar-refractivity contribution in [1.82, 2.24) is 0 Å². The Labute approximate surface area is 103 Å². The van der Waals surface area contributed by atoms with Crippen LogP contribution < -0.4 is 0 Å². The van der Waals surface area contributed by atoms with Crippen molar-refractivity contribution in [2.24, 2.45) is 11.8 Å². The number of carboxylic acid groups (broad SMARTS) is 1. The summed E-state index contributed by atoms with van der Waals surface area (Å²) < 4.78 is 0. The number of carboxylic acids is 1. The van der Waals surface area contributed by atoms with Crippen molar-refractivity contribution < 1.29 is 9.90 Å². The van der Waals surface area contributed by atoms with E-state index in [1.807, 2.05) is 0 Å². The van der Waals surface area contributed by atoms with Gasteiger partial charge in [-0.3, -0.25) is 4.79 Å². The van der Waals surface area contributed by atoms with Crippen molar-refractivity contribution in [2.75, 3.05) is 0 Å². The zero-order valence-corrected chi connectivity index (χ0v) is 10.5. The minimum Gasteiger partial charge on any atom is -0.481 e. The van der Waals surface area contributed by atoms with E-state index < -0.39 is 5.97 Å². The van der Waals surface area contributed by atoms with Crippen LogP contribution in [0.3, 0.4) is 0 Å². The first-order valence-electron chi connectivity index (χ1n) is 6.37. The second-order valence-corrected chi connectivity index (χ2v) is 5.35. The van der Waals surface area contributed by atoms with E-state index >= 15 is 0 Å². The maximum Gasteiger partial charge on any atom is 0.306 e. The number of hydrogen-bond donors (Lipinski definition) is 1. The van der Waals surface area contributed by atoms with Gasteiger partial charge < -0.3 is 5.11 Å². The van der Waals surface area contributed by atoms with Gasteiger partial charge in [-0.2, -0.15) is 0 Å². The molecule has 0 aliphatic heterocycles. The Morgan fingerprint density at radius 1 is 1.35 bits per heavy atom. The molecule has 3 atom stereocenters. The molecule has 0 radical (unpaired) electrons. The van der Waals surface area contributed by atoms with Crippen molar-refractivity contribution in [3.8, 4) is 0 Å². The SMILES string of the molecule is Cc1cccc([C@@H]2CC[C@@H](C(=O)O)[C@H](C)C2)c1. The molecular formula is C15H20O2. The highest BCUT2D eigenvalue weighted by Gasteiger charge is 2.32. The standard InChI is InChI=1S/C15H20O2/c1-10-4-3-5-12(8-10)13-6-7-14(15(16)17)11(2)9-13/h3-5,8,11,13-14H,6-7,9H2,1-2H3,(H,16,17)/t11-,13-,14-/m1/s1. The van der Waals surface area contributed by atoms with Crippen LogP contribution in [0.1, 0.15) is 43.2 Å². The summed E-state index contributed by atoms with van der Waals surface area (Å²) in [7, 11) is 0. The fourth-order valence-corrected chi connectivity index (χ4v) is 2.99. The molecule has 2 heteroatoms. The molecule has 1 saturated carbocycles. The highest BCUT2D eigenvalue weighted by molar-refractivity contribution is 5.70. The van der Waals surface area contributed by atoms with Crippen LogP contribution >= 0.6 is 0 Å². The molecule has 1 aromatic carbocycles. The van der Waals surface area contributed by atoms with Crippen LogP contribution in [0.25, 0.3) is 0 Å². The van der Waals surface area contributed by atoms with Crippen LogP contribution in [0.15, 0.2) is 24.3 Å². The van der Waals surface area contributed by atoms with E-state index in [0.29, 0.717) is 5.92 Å². The minimum atomic E-state index is -0.625. The molecule has 92 valence electrons. The van der Waals surface area contributed by atoms with Gasteiger partial charge >= 0.3 is 5.97 Å². The normalized spacial score (nSPS) is 28.9. The molecule has 0 heterocycles. The molecule has 1 aliphatic carbocycles. The number of aryl methyl sites for hydroxylation is 1. The molecule has 1 fully saturated rings. The van der Waals surface area contributed by atoms with Gasteiger partial charge in [0.2, 0.25) is 0 Å². The Bertz CT molecular complexity index is 411. The molecule has 0 amide bonds. The summed E-state index contributed by atoms with van der Waals surface area (Å²) in [5.41, 5.74) is 2.66. The van der Waals surface area contributed by atoms with Crippen LogP contribution in [0.4, 0.5) is 0 Å². The molecule has 0 unspecified atom stereocenters. The molecule has 0 bridgehead atoms. The van der Waals surface area contributed by atoms with Gasteiger partial charge in [0.1, 0.15) is 0 Å². The maximum absolute atomic E-state index is 11.1. The summed E-state index contributed by atoms with van der Waals surface area (Å²) >= 11 is 0. The van der Waals surface area contributed by atoms with Crippen LogP contribution in [0.2, 0.25) is 0 Å². The number of aliphatic carboxylic acids is 1. The lowest BCUT2D eigenvalue weighted by molar-refractivity contribution is -0.144. The Hall–Kier alpha value is -1.31. The van der Waals surface area contributed by atoms with E-state index in [9.17, 15) is 4.79 Å². The van der Waals surface area contributed by atoms with Gasteiger partial charge in [0.05, 0.1) is 5.92 Å². The molecule has 2 nitrogen and oxygen atoms in total. The summed E-state index contributed by atoms with van der Waals surface area (Å²) in [5.74, 6) is 0.0588. The molecular weight excluding hydrogens is 212 g/mol. The third kappa shape index (κ3) is 2.68. The van der Waals surface area contributed by atoms with Gasteiger partial charge in [0, 0.05) is 0 Å². The van der Waals surface area contributed by atoms with E-state index in [0.717, 1.165) is 19.3 Å². The second kappa shape index (κ2) is 4.91. The highest BCUT2D eigenvalue weighted by atomic mass is 16.4. The fraction of sp³-hybridized carbons (Fsp3) is 0.533. The van der Waals surface area contributed by atoms with E-state index in [2.05, 4.69) is 38.1 Å². The molecule has 1 N–H and O–H groups in total. The third-order valence-electron chi connectivity index (χ3n) is 4.00. The smallest absolute Gasteiger partial charge is 0.306 e. The number of benzene rings is 1. The highest BCUT2D eigenvalue weighted by Crippen LogP contribution is 2.39. The first-order valence-corrected chi connectivity index (χ1v) is 6.37. The Morgan fingerprint density at radius 2 is 2.12 bits per heavy atom. The largest absolute Gasteiger partial charge is 0.481 e.